The van der Waals surface area contributed by atoms with Crippen molar-refractivity contribution < 1.29 is 19.1 Å². The van der Waals surface area contributed by atoms with Crippen LogP contribution in [0.1, 0.15) is 40.0 Å². The molecule has 1 aliphatic heterocycles. The maximum absolute atomic E-state index is 11.9. The first-order valence-electron chi connectivity index (χ1n) is 6.49. The molecule has 6 heteroatoms. The molecular weight excluding hydrogens is 248 g/mol. The third-order valence-corrected chi connectivity index (χ3v) is 3.13. The van der Waals surface area contributed by atoms with Crippen LogP contribution in [0.3, 0.4) is 0 Å². The zero-order valence-corrected chi connectivity index (χ0v) is 12.2. The van der Waals surface area contributed by atoms with Gasteiger partial charge in [0, 0.05) is 18.6 Å². The van der Waals surface area contributed by atoms with Crippen molar-refractivity contribution in [1.29, 1.82) is 0 Å². The van der Waals surface area contributed by atoms with E-state index >= 15 is 0 Å². The quantitative estimate of drug-likeness (QED) is 0.766. The number of nitrogens with two attached hydrogens (primary N) is 1. The summed E-state index contributed by atoms with van der Waals surface area (Å²) in [4.78, 5) is 24.8. The summed E-state index contributed by atoms with van der Waals surface area (Å²) in [6, 6.07) is 0. The van der Waals surface area contributed by atoms with Gasteiger partial charge in [-0.1, -0.05) is 0 Å². The van der Waals surface area contributed by atoms with Gasteiger partial charge in [0.25, 0.3) is 0 Å². The number of carbonyl (C=O) groups excluding carboxylic acids is 2. The van der Waals surface area contributed by atoms with E-state index in [2.05, 4.69) is 4.74 Å². The normalized spacial score (nSPS) is 18.9. The molecule has 1 aliphatic rings. The van der Waals surface area contributed by atoms with E-state index in [4.69, 9.17) is 10.5 Å². The van der Waals surface area contributed by atoms with Crippen LogP contribution in [0.15, 0.2) is 0 Å². The van der Waals surface area contributed by atoms with Crippen molar-refractivity contribution in [2.45, 2.75) is 51.2 Å². The van der Waals surface area contributed by atoms with Crippen LogP contribution < -0.4 is 5.73 Å². The van der Waals surface area contributed by atoms with Crippen molar-refractivity contribution in [3.05, 3.63) is 0 Å². The lowest BCUT2D eigenvalue weighted by Gasteiger charge is -2.38. The molecule has 0 aliphatic carbocycles. The molecule has 0 aromatic rings. The SMILES string of the molecule is COC(=O)CC1(N)CCN(C(=O)OC(C)(C)C)CC1. The molecule has 0 aromatic carbocycles. The van der Waals surface area contributed by atoms with Crippen LogP contribution in [0.25, 0.3) is 0 Å². The second-order valence-corrected chi connectivity index (χ2v) is 6.08. The van der Waals surface area contributed by atoms with Gasteiger partial charge in [-0.05, 0) is 33.6 Å². The highest BCUT2D eigenvalue weighted by atomic mass is 16.6. The number of hydrogen-bond donors (Lipinski definition) is 1. The highest BCUT2D eigenvalue weighted by molar-refractivity contribution is 5.71. The second-order valence-electron chi connectivity index (χ2n) is 6.08. The Bertz CT molecular complexity index is 341. The summed E-state index contributed by atoms with van der Waals surface area (Å²) >= 11 is 0. The van der Waals surface area contributed by atoms with Crippen molar-refractivity contribution in [2.75, 3.05) is 20.2 Å². The molecule has 1 heterocycles. The smallest absolute Gasteiger partial charge is 0.410 e. The van der Waals surface area contributed by atoms with Crippen molar-refractivity contribution in [3.63, 3.8) is 0 Å². The minimum absolute atomic E-state index is 0.186. The molecule has 1 rings (SSSR count). The summed E-state index contributed by atoms with van der Waals surface area (Å²) in [6.07, 6.45) is 1.00. The highest BCUT2D eigenvalue weighted by Gasteiger charge is 2.35. The van der Waals surface area contributed by atoms with Gasteiger partial charge in [0.15, 0.2) is 0 Å². The van der Waals surface area contributed by atoms with Crippen molar-refractivity contribution in [2.24, 2.45) is 5.73 Å². The van der Waals surface area contributed by atoms with Gasteiger partial charge < -0.3 is 20.1 Å². The van der Waals surface area contributed by atoms with Gasteiger partial charge in [-0.3, -0.25) is 4.79 Å². The number of methoxy groups -OCH3 is 1. The van der Waals surface area contributed by atoms with E-state index < -0.39 is 11.1 Å². The van der Waals surface area contributed by atoms with Crippen molar-refractivity contribution in [3.8, 4) is 0 Å². The largest absolute Gasteiger partial charge is 0.469 e. The Balaban J connectivity index is 2.48. The van der Waals surface area contributed by atoms with Crippen molar-refractivity contribution in [1.82, 2.24) is 4.90 Å². The van der Waals surface area contributed by atoms with Crippen LogP contribution in [0.4, 0.5) is 4.79 Å². The van der Waals surface area contributed by atoms with E-state index in [0.29, 0.717) is 25.9 Å². The molecular formula is C13H24N2O4. The zero-order chi connectivity index (χ0) is 14.7. The maximum Gasteiger partial charge on any atom is 0.410 e. The molecule has 1 saturated heterocycles. The number of hydrogen-bond acceptors (Lipinski definition) is 5. The maximum atomic E-state index is 11.9. The molecule has 0 radical (unpaired) electrons. The first kappa shape index (κ1) is 15.8. The van der Waals surface area contributed by atoms with Crippen LogP contribution >= 0.6 is 0 Å². The molecule has 19 heavy (non-hydrogen) atoms. The fourth-order valence-corrected chi connectivity index (χ4v) is 2.00. The molecule has 0 bridgehead atoms. The summed E-state index contributed by atoms with van der Waals surface area (Å²) in [5, 5.41) is 0. The standard InChI is InChI=1S/C13H24N2O4/c1-12(2,3)19-11(17)15-7-5-13(14,6-8-15)9-10(16)18-4/h5-9,14H2,1-4H3. The molecule has 0 aromatic heterocycles. The van der Waals surface area contributed by atoms with E-state index in [-0.39, 0.29) is 18.5 Å². The first-order chi connectivity index (χ1) is 8.65. The number of likely N-dealkylation sites (tertiary alicyclic amines) is 1. The van der Waals surface area contributed by atoms with Gasteiger partial charge in [0.05, 0.1) is 13.5 Å². The summed E-state index contributed by atoms with van der Waals surface area (Å²) in [7, 11) is 1.35. The molecule has 1 fully saturated rings. The summed E-state index contributed by atoms with van der Waals surface area (Å²) in [6.45, 7) is 6.50. The average Bonchev–Trinajstić information content (AvgIpc) is 2.26. The molecule has 6 nitrogen and oxygen atoms in total. The van der Waals surface area contributed by atoms with Crippen LogP contribution in [0.2, 0.25) is 0 Å². The topological polar surface area (TPSA) is 81.9 Å². The van der Waals surface area contributed by atoms with Gasteiger partial charge >= 0.3 is 12.1 Å². The number of piperidine rings is 1. The molecule has 0 saturated carbocycles. The minimum atomic E-state index is -0.578. The molecule has 0 unspecified atom stereocenters. The fourth-order valence-electron chi connectivity index (χ4n) is 2.00. The van der Waals surface area contributed by atoms with Gasteiger partial charge in [-0.15, -0.1) is 0 Å². The molecule has 1 amide bonds. The van der Waals surface area contributed by atoms with E-state index in [0.717, 1.165) is 0 Å². The number of esters is 1. The third kappa shape index (κ3) is 5.06. The number of carbonyl (C=O) groups is 2. The van der Waals surface area contributed by atoms with Crippen LogP contribution in [-0.4, -0.2) is 48.3 Å². The van der Waals surface area contributed by atoms with Gasteiger partial charge in [-0.2, -0.15) is 0 Å². The molecule has 0 atom stereocenters. The van der Waals surface area contributed by atoms with Crippen LogP contribution in [0, 0.1) is 0 Å². The Morgan fingerprint density at radius 3 is 2.21 bits per heavy atom. The summed E-state index contributed by atoms with van der Waals surface area (Å²) in [5.41, 5.74) is 5.07. The Labute approximate surface area is 114 Å². The fraction of sp³-hybridized carbons (Fsp3) is 0.846. The lowest BCUT2D eigenvalue weighted by atomic mass is 9.85. The second kappa shape index (κ2) is 5.77. The van der Waals surface area contributed by atoms with Gasteiger partial charge in [0.2, 0.25) is 0 Å². The molecule has 0 spiro atoms. The number of rotatable bonds is 2. The first-order valence-corrected chi connectivity index (χ1v) is 6.49. The lowest BCUT2D eigenvalue weighted by Crippen LogP contribution is -2.53. The Hall–Kier alpha value is -1.30. The molecule has 2 N–H and O–H groups in total. The number of ether oxygens (including phenoxy) is 2. The average molecular weight is 272 g/mol. The van der Waals surface area contributed by atoms with Gasteiger partial charge in [-0.25, -0.2) is 4.79 Å². The lowest BCUT2D eigenvalue weighted by molar-refractivity contribution is -0.142. The van der Waals surface area contributed by atoms with Crippen LogP contribution in [0.5, 0.6) is 0 Å². The predicted octanol–water partition coefficient (Wildman–Crippen LogP) is 1.28. The highest BCUT2D eigenvalue weighted by Crippen LogP contribution is 2.24. The van der Waals surface area contributed by atoms with Crippen molar-refractivity contribution >= 4 is 12.1 Å². The van der Waals surface area contributed by atoms with E-state index in [1.807, 2.05) is 20.8 Å². The minimum Gasteiger partial charge on any atom is -0.469 e. The summed E-state index contributed by atoms with van der Waals surface area (Å²) < 4.78 is 9.94. The zero-order valence-electron chi connectivity index (χ0n) is 12.2. The predicted molar refractivity (Wildman–Crippen MR) is 70.6 cm³/mol. The Kier molecular flexibility index (Phi) is 4.79. The molecule has 110 valence electrons. The third-order valence-electron chi connectivity index (χ3n) is 3.13. The number of nitrogens with zero attached hydrogens (tertiary/aromatic N) is 1. The van der Waals surface area contributed by atoms with E-state index in [1.165, 1.54) is 7.11 Å². The number of amides is 1. The van der Waals surface area contributed by atoms with E-state index in [1.54, 1.807) is 4.90 Å². The summed E-state index contributed by atoms with van der Waals surface area (Å²) in [5.74, 6) is -0.312. The Morgan fingerprint density at radius 2 is 1.79 bits per heavy atom. The monoisotopic (exact) mass is 272 g/mol. The van der Waals surface area contributed by atoms with E-state index in [9.17, 15) is 9.59 Å². The van der Waals surface area contributed by atoms with Crippen LogP contribution in [-0.2, 0) is 14.3 Å². The Morgan fingerprint density at radius 1 is 1.26 bits per heavy atom. The van der Waals surface area contributed by atoms with Gasteiger partial charge in [0.1, 0.15) is 5.60 Å².